The van der Waals surface area contributed by atoms with Crippen LogP contribution in [0.15, 0.2) is 33.9 Å². The normalized spacial score (nSPS) is 20.9. The summed E-state index contributed by atoms with van der Waals surface area (Å²) >= 11 is 0. The van der Waals surface area contributed by atoms with Gasteiger partial charge in [0.1, 0.15) is 6.54 Å². The summed E-state index contributed by atoms with van der Waals surface area (Å²) in [5, 5.41) is 2.84. The molecular weight excluding hydrogens is 351 g/mol. The van der Waals surface area contributed by atoms with E-state index in [-0.39, 0.29) is 24.8 Å². The summed E-state index contributed by atoms with van der Waals surface area (Å²) < 4.78 is 39.7. The molecule has 1 aromatic heterocycles. The highest BCUT2D eigenvalue weighted by molar-refractivity contribution is 5.81. The standard InChI is InChI=1S/C17H18F3N3O3/c18-17(19,20)10-4-3-5-11(8-10)21-14(24)9-23-13-7-2-1-6-12(13)15(25)22-16(23)26/h1-2,6-7,10-11H,3-5,8-9H2,(H,21,24)(H,22,25,26). The quantitative estimate of drug-likeness (QED) is 0.867. The lowest BCUT2D eigenvalue weighted by molar-refractivity contribution is -0.184. The van der Waals surface area contributed by atoms with Gasteiger partial charge in [0.05, 0.1) is 16.8 Å². The lowest BCUT2D eigenvalue weighted by Crippen LogP contribution is -2.44. The lowest BCUT2D eigenvalue weighted by Gasteiger charge is -2.31. The SMILES string of the molecule is O=C(Cn1c(=O)[nH]c(=O)c2ccccc21)NC1CCCC(C(F)(F)F)C1. The number of halogens is 3. The van der Waals surface area contributed by atoms with E-state index < -0.39 is 35.3 Å². The van der Waals surface area contributed by atoms with E-state index in [1.165, 1.54) is 6.07 Å². The third-order valence-electron chi connectivity index (χ3n) is 4.71. The Kier molecular flexibility index (Phi) is 4.88. The number of fused-ring (bicyclic) bond motifs is 1. The zero-order chi connectivity index (χ0) is 18.9. The van der Waals surface area contributed by atoms with Crippen molar-refractivity contribution in [1.82, 2.24) is 14.9 Å². The second kappa shape index (κ2) is 6.97. The van der Waals surface area contributed by atoms with E-state index in [4.69, 9.17) is 0 Å². The second-order valence-corrected chi connectivity index (χ2v) is 6.53. The van der Waals surface area contributed by atoms with Crippen LogP contribution >= 0.6 is 0 Å². The molecule has 0 aliphatic heterocycles. The van der Waals surface area contributed by atoms with Crippen molar-refractivity contribution in [2.24, 2.45) is 5.92 Å². The maximum absolute atomic E-state index is 12.9. The van der Waals surface area contributed by atoms with E-state index in [9.17, 15) is 27.6 Å². The van der Waals surface area contributed by atoms with Gasteiger partial charge in [0, 0.05) is 6.04 Å². The zero-order valence-corrected chi connectivity index (χ0v) is 13.8. The number of hydrogen-bond acceptors (Lipinski definition) is 3. The molecule has 1 saturated carbocycles. The van der Waals surface area contributed by atoms with Gasteiger partial charge in [-0.2, -0.15) is 13.2 Å². The number of amides is 1. The topological polar surface area (TPSA) is 84.0 Å². The third kappa shape index (κ3) is 3.81. The van der Waals surface area contributed by atoms with E-state index in [2.05, 4.69) is 10.3 Å². The summed E-state index contributed by atoms with van der Waals surface area (Å²) in [5.41, 5.74) is -0.989. The van der Waals surface area contributed by atoms with E-state index in [0.717, 1.165) is 4.57 Å². The molecule has 0 spiro atoms. The smallest absolute Gasteiger partial charge is 0.352 e. The predicted octanol–water partition coefficient (Wildman–Crippen LogP) is 1.93. The minimum Gasteiger partial charge on any atom is -0.352 e. The van der Waals surface area contributed by atoms with Crippen molar-refractivity contribution in [3.05, 3.63) is 45.1 Å². The molecule has 1 heterocycles. The average Bonchev–Trinajstić information content (AvgIpc) is 2.58. The first-order valence-electron chi connectivity index (χ1n) is 8.33. The van der Waals surface area contributed by atoms with E-state index >= 15 is 0 Å². The van der Waals surface area contributed by atoms with Gasteiger partial charge < -0.3 is 5.32 Å². The molecule has 2 unspecified atom stereocenters. The summed E-state index contributed by atoms with van der Waals surface area (Å²) in [6.07, 6.45) is -3.50. The minimum absolute atomic E-state index is 0.0693. The van der Waals surface area contributed by atoms with Gasteiger partial charge in [-0.15, -0.1) is 0 Å². The molecule has 26 heavy (non-hydrogen) atoms. The number of aromatic amines is 1. The fourth-order valence-electron chi connectivity index (χ4n) is 3.43. The van der Waals surface area contributed by atoms with E-state index in [0.29, 0.717) is 18.4 Å². The molecule has 1 fully saturated rings. The number of para-hydroxylation sites is 1. The van der Waals surface area contributed by atoms with Crippen LogP contribution in [0.4, 0.5) is 13.2 Å². The van der Waals surface area contributed by atoms with Crippen LogP contribution in [-0.2, 0) is 11.3 Å². The van der Waals surface area contributed by atoms with Gasteiger partial charge in [-0.05, 0) is 31.4 Å². The molecule has 2 atom stereocenters. The van der Waals surface area contributed by atoms with Crippen LogP contribution in [0, 0.1) is 5.92 Å². The first kappa shape index (κ1) is 18.2. The molecule has 0 bridgehead atoms. The highest BCUT2D eigenvalue weighted by atomic mass is 19.4. The number of hydrogen-bond donors (Lipinski definition) is 2. The van der Waals surface area contributed by atoms with E-state index in [1.807, 2.05) is 0 Å². The highest BCUT2D eigenvalue weighted by Crippen LogP contribution is 2.37. The van der Waals surface area contributed by atoms with Crippen LogP contribution in [0.1, 0.15) is 25.7 Å². The molecule has 1 amide bonds. The Labute approximate surface area is 146 Å². The number of nitrogens with one attached hydrogen (secondary N) is 2. The molecule has 0 saturated heterocycles. The van der Waals surface area contributed by atoms with Crippen LogP contribution < -0.4 is 16.6 Å². The summed E-state index contributed by atoms with van der Waals surface area (Å²) in [4.78, 5) is 38.3. The largest absolute Gasteiger partial charge is 0.391 e. The Bertz CT molecular complexity index is 932. The molecule has 2 N–H and O–H groups in total. The van der Waals surface area contributed by atoms with Gasteiger partial charge in [0.15, 0.2) is 0 Å². The molecule has 2 aromatic rings. The van der Waals surface area contributed by atoms with E-state index in [1.54, 1.807) is 18.2 Å². The minimum atomic E-state index is -4.27. The van der Waals surface area contributed by atoms with Crippen LogP contribution in [0.5, 0.6) is 0 Å². The second-order valence-electron chi connectivity index (χ2n) is 6.53. The molecule has 1 aromatic carbocycles. The van der Waals surface area contributed by atoms with Gasteiger partial charge in [-0.3, -0.25) is 19.1 Å². The number of benzene rings is 1. The number of alkyl halides is 3. The Morgan fingerprint density at radius 2 is 1.96 bits per heavy atom. The van der Waals surface area contributed by atoms with Crippen molar-refractivity contribution in [1.29, 1.82) is 0 Å². The lowest BCUT2D eigenvalue weighted by atomic mass is 9.85. The van der Waals surface area contributed by atoms with Crippen LogP contribution in [-0.4, -0.2) is 27.7 Å². The van der Waals surface area contributed by atoms with Crippen molar-refractivity contribution in [2.75, 3.05) is 0 Å². The number of carbonyl (C=O) groups is 1. The monoisotopic (exact) mass is 369 g/mol. The summed E-state index contributed by atoms with van der Waals surface area (Å²) in [6.45, 7) is -0.372. The molecule has 1 aliphatic rings. The average molecular weight is 369 g/mol. The molecule has 6 nitrogen and oxygen atoms in total. The van der Waals surface area contributed by atoms with Crippen molar-refractivity contribution in [2.45, 2.75) is 44.4 Å². The van der Waals surface area contributed by atoms with Crippen molar-refractivity contribution < 1.29 is 18.0 Å². The molecule has 3 rings (SSSR count). The molecule has 9 heteroatoms. The fraction of sp³-hybridized carbons (Fsp3) is 0.471. The van der Waals surface area contributed by atoms with Gasteiger partial charge in [0.25, 0.3) is 5.56 Å². The maximum atomic E-state index is 12.9. The fourth-order valence-corrected chi connectivity index (χ4v) is 3.43. The number of nitrogens with zero attached hydrogens (tertiary/aromatic N) is 1. The van der Waals surface area contributed by atoms with Crippen molar-refractivity contribution in [3.8, 4) is 0 Å². The first-order chi connectivity index (χ1) is 12.3. The third-order valence-corrected chi connectivity index (χ3v) is 4.71. The predicted molar refractivity (Wildman–Crippen MR) is 88.8 cm³/mol. The number of H-pyrrole nitrogens is 1. The molecule has 0 radical (unpaired) electrons. The van der Waals surface area contributed by atoms with Gasteiger partial charge in [-0.1, -0.05) is 18.6 Å². The van der Waals surface area contributed by atoms with Crippen molar-refractivity contribution in [3.63, 3.8) is 0 Å². The summed E-state index contributed by atoms with van der Waals surface area (Å²) in [6, 6.07) is 5.75. The maximum Gasteiger partial charge on any atom is 0.391 e. The Morgan fingerprint density at radius 3 is 2.69 bits per heavy atom. The molecular formula is C17H18F3N3O3. The molecule has 1 aliphatic carbocycles. The van der Waals surface area contributed by atoms with Gasteiger partial charge in [-0.25, -0.2) is 4.79 Å². The number of aromatic nitrogens is 2. The Morgan fingerprint density at radius 1 is 1.23 bits per heavy atom. The van der Waals surface area contributed by atoms with Gasteiger partial charge in [0.2, 0.25) is 5.91 Å². The summed E-state index contributed by atoms with van der Waals surface area (Å²) in [7, 11) is 0. The zero-order valence-electron chi connectivity index (χ0n) is 13.8. The van der Waals surface area contributed by atoms with Crippen LogP contribution in [0.25, 0.3) is 10.9 Å². The summed E-state index contributed by atoms with van der Waals surface area (Å²) in [5.74, 6) is -1.98. The van der Waals surface area contributed by atoms with Crippen molar-refractivity contribution >= 4 is 16.8 Å². The van der Waals surface area contributed by atoms with Crippen LogP contribution in [0.3, 0.4) is 0 Å². The Hall–Kier alpha value is -2.58. The van der Waals surface area contributed by atoms with Gasteiger partial charge >= 0.3 is 11.9 Å². The van der Waals surface area contributed by atoms with Crippen LogP contribution in [0.2, 0.25) is 0 Å². The number of rotatable bonds is 3. The molecule has 140 valence electrons. The first-order valence-corrected chi connectivity index (χ1v) is 8.33. The Balaban J connectivity index is 1.76. The highest BCUT2D eigenvalue weighted by Gasteiger charge is 2.42. The number of carbonyl (C=O) groups excluding carboxylic acids is 1.